The minimum absolute atomic E-state index is 0.113. The zero-order valence-corrected chi connectivity index (χ0v) is 73.4. The van der Waals surface area contributed by atoms with Crippen molar-refractivity contribution in [1.29, 1.82) is 0 Å². The Morgan fingerprint density at radius 2 is 1.01 bits per heavy atom. The third-order valence-corrected chi connectivity index (χ3v) is 28.3. The van der Waals surface area contributed by atoms with Crippen LogP contribution in [-0.2, 0) is 34.5 Å². The van der Waals surface area contributed by atoms with Gasteiger partial charge < -0.3 is 14.7 Å². The van der Waals surface area contributed by atoms with Gasteiger partial charge in [-0.25, -0.2) is 0 Å². The maximum absolute atomic E-state index is 4.58. The van der Waals surface area contributed by atoms with Crippen LogP contribution in [0.15, 0.2) is 430 Å². The molecular weight excluding hydrogens is 1510 g/mol. The Hall–Kier alpha value is -13.9. The fourth-order valence-corrected chi connectivity index (χ4v) is 22.4. The molecule has 2 unspecified atom stereocenters. The molecule has 0 aromatic heterocycles. The van der Waals surface area contributed by atoms with Crippen LogP contribution < -0.4 is 14.7 Å². The van der Waals surface area contributed by atoms with Crippen LogP contribution in [0.1, 0.15) is 141 Å². The van der Waals surface area contributed by atoms with Gasteiger partial charge in [0.25, 0.3) is 0 Å². The highest BCUT2D eigenvalue weighted by molar-refractivity contribution is 6.00. The van der Waals surface area contributed by atoms with Crippen molar-refractivity contribution in [2.75, 3.05) is 14.7 Å². The first-order chi connectivity index (χ1) is 61.0. The lowest BCUT2D eigenvalue weighted by atomic mass is 9.70. The number of nitrogens with zero attached hydrogens (tertiary/aromatic N) is 3. The number of rotatable bonds is 21. The highest BCUT2D eigenvalue weighted by Gasteiger charge is 2.52. The molecule has 0 aliphatic heterocycles. The van der Waals surface area contributed by atoms with Crippen LogP contribution in [0.3, 0.4) is 0 Å². The topological polar surface area (TPSA) is 9.72 Å². The summed E-state index contributed by atoms with van der Waals surface area (Å²) in [7, 11) is 0. The molecule has 125 heavy (non-hydrogen) atoms. The molecule has 0 fully saturated rings. The summed E-state index contributed by atoms with van der Waals surface area (Å²) in [6.07, 6.45) is 40.5. The number of hydrogen-bond acceptors (Lipinski definition) is 3. The molecule has 0 N–H and O–H groups in total. The fraction of sp³-hybridized carbons (Fsp3) is 0.164. The Balaban J connectivity index is 0.838. The van der Waals surface area contributed by atoms with Crippen LogP contribution in [-0.4, -0.2) is 0 Å². The number of anilines is 6. The molecule has 1 spiro atoms. The van der Waals surface area contributed by atoms with Gasteiger partial charge in [0, 0.05) is 79.7 Å². The Kier molecular flexibility index (Phi) is 20.4. The maximum atomic E-state index is 4.58. The summed E-state index contributed by atoms with van der Waals surface area (Å²) in [6.45, 7) is 30.0. The normalized spacial score (nSPS) is 17.6. The molecule has 0 bridgehead atoms. The van der Waals surface area contributed by atoms with Crippen LogP contribution in [0.4, 0.5) is 34.1 Å². The van der Waals surface area contributed by atoms with E-state index >= 15 is 0 Å². The van der Waals surface area contributed by atoms with Gasteiger partial charge >= 0.3 is 0 Å². The van der Waals surface area contributed by atoms with Crippen molar-refractivity contribution in [2.45, 2.75) is 116 Å². The van der Waals surface area contributed by atoms with Crippen LogP contribution in [0, 0.1) is 18.8 Å². The third kappa shape index (κ3) is 13.5. The zero-order valence-electron chi connectivity index (χ0n) is 73.4. The average Bonchev–Trinajstić information content (AvgIpc) is 1.50. The quantitative estimate of drug-likeness (QED) is 0.0664. The van der Waals surface area contributed by atoms with Crippen molar-refractivity contribution in [1.82, 2.24) is 0 Å². The summed E-state index contributed by atoms with van der Waals surface area (Å²) in [4.78, 5) is 7.75. The minimum atomic E-state index is -0.632. The first-order valence-corrected chi connectivity index (χ1v) is 44.9. The van der Waals surface area contributed by atoms with Gasteiger partial charge in [-0.1, -0.05) is 364 Å². The van der Waals surface area contributed by atoms with Gasteiger partial charge in [0.2, 0.25) is 0 Å². The average molecular weight is 1620 g/mol. The molecule has 0 saturated heterocycles. The molecule has 20 rings (SSSR count). The van der Waals surface area contributed by atoms with Crippen molar-refractivity contribution in [3.05, 3.63) is 497 Å². The standard InChI is InChI=1S/C122H107N3/c1-12-16-20-48-92(70-82-41-21-17-22-42-82)123(94-62-64-104-101-51-28-34-55-110(101)121(10,11)116(104)80-94)96-73-89(74-97(78-96)124(117-58-37-31-49-98(117)83-43-23-18-24-44-83)91(39-13-2)77-90-71-87-47-27-33-54-109(87)119(90,6)7)86-61-66-115-106(76-86)105-75-85(60-65-114(105)122(115)112-56-35-29-52-102(112)103-53-30-36-57-113(103)122)88-68-81(5)69-95(72-88)125(118-59-38-32-50-99(118)84-45-25-19-26-46-84)93-63-67-111-107(79-93)100(40-14-3)108(15-4)120(111,8)9/h12-14,16-43,45-48,50-69,72-80,83,98H,1-2,15,44,49,70-71H2,3-11H3/b20-16-,40-14-,90-77+,91-39+,92-48+. The molecule has 0 radical (unpaired) electrons. The molecular formula is C122H107N3. The van der Waals surface area contributed by atoms with E-state index in [1.807, 2.05) is 12.2 Å². The largest absolute Gasteiger partial charge is 0.314 e. The Labute approximate surface area is 740 Å². The van der Waals surface area contributed by atoms with Gasteiger partial charge in [0.05, 0.1) is 11.1 Å². The van der Waals surface area contributed by atoms with E-state index in [2.05, 4.69) is 466 Å². The lowest BCUT2D eigenvalue weighted by Crippen LogP contribution is -2.31. The first kappa shape index (κ1) is 79.6. The van der Waals surface area contributed by atoms with Gasteiger partial charge in [0.1, 0.15) is 0 Å². The van der Waals surface area contributed by atoms with E-state index in [1.54, 1.807) is 0 Å². The van der Waals surface area contributed by atoms with E-state index in [4.69, 9.17) is 0 Å². The van der Waals surface area contributed by atoms with E-state index in [1.165, 1.54) is 128 Å². The molecule has 13 aromatic rings. The number of allylic oxidation sites excluding steroid dienone is 21. The molecule has 3 heteroatoms. The first-order valence-electron chi connectivity index (χ1n) is 44.9. The predicted molar refractivity (Wildman–Crippen MR) is 531 cm³/mol. The summed E-state index contributed by atoms with van der Waals surface area (Å²) in [5, 5.41) is 0. The van der Waals surface area contributed by atoms with Gasteiger partial charge in [-0.15, -0.1) is 0 Å². The SMILES string of the molecule is C=C/C=C\C=C(/Cc1ccccc1)N(c1cc(-c2ccc3c(c2)-c2cc(-c4cc(C)cc(N(c5ccc6c(c5)C(/C=C\C)=C(CC)C6(C)C)c5ccccc5-c5ccccc5)c4)ccc2C32c3ccccc3-c3ccccc32)cc(N(C2=CC=CCC2C2C=CC=CC2)C(=C/C=C)/C=C2\Cc3ccccc3C2(C)C)c1)c1ccc2c(c1)C(C)(C)c1ccccc1-2. The minimum Gasteiger partial charge on any atom is -0.314 e. The van der Waals surface area contributed by atoms with Gasteiger partial charge in [-0.05, 0) is 276 Å². The fourth-order valence-electron chi connectivity index (χ4n) is 22.4. The van der Waals surface area contributed by atoms with Crippen LogP contribution in [0.2, 0.25) is 0 Å². The summed E-state index contributed by atoms with van der Waals surface area (Å²) in [5.74, 6) is 0.384. The third-order valence-electron chi connectivity index (χ3n) is 28.3. The Bertz CT molecular complexity index is 6830. The van der Waals surface area contributed by atoms with Gasteiger partial charge in [0.15, 0.2) is 0 Å². The van der Waals surface area contributed by atoms with Gasteiger partial charge in [-0.2, -0.15) is 0 Å². The van der Waals surface area contributed by atoms with Crippen LogP contribution in [0.25, 0.3) is 72.3 Å². The van der Waals surface area contributed by atoms with E-state index in [0.29, 0.717) is 6.42 Å². The number of fused-ring (bicyclic) bond motifs is 15. The van der Waals surface area contributed by atoms with E-state index in [9.17, 15) is 0 Å². The van der Waals surface area contributed by atoms with Crippen LogP contribution >= 0.6 is 0 Å². The molecule has 0 heterocycles. The second-order valence-electron chi connectivity index (χ2n) is 36.5. The van der Waals surface area contributed by atoms with Crippen molar-refractivity contribution in [2.24, 2.45) is 11.8 Å². The van der Waals surface area contributed by atoms with Crippen molar-refractivity contribution in [3.8, 4) is 66.8 Å². The molecule has 7 aliphatic rings. The lowest BCUT2D eigenvalue weighted by molar-refractivity contribution is 0.446. The summed E-state index contributed by atoms with van der Waals surface area (Å²) < 4.78 is 0. The highest BCUT2D eigenvalue weighted by Crippen LogP contribution is 2.64. The highest BCUT2D eigenvalue weighted by atomic mass is 15.2. The molecule has 0 saturated carbocycles. The number of hydrogen-bond donors (Lipinski definition) is 0. The number of para-hydroxylation sites is 1. The summed E-state index contributed by atoms with van der Waals surface area (Å²) >= 11 is 0. The smallest absolute Gasteiger partial charge is 0.0725 e. The van der Waals surface area contributed by atoms with Crippen molar-refractivity contribution >= 4 is 39.7 Å². The second-order valence-corrected chi connectivity index (χ2v) is 36.5. The molecule has 2 atom stereocenters. The molecule has 13 aromatic carbocycles. The van der Waals surface area contributed by atoms with Crippen molar-refractivity contribution in [3.63, 3.8) is 0 Å². The predicted octanol–water partition coefficient (Wildman–Crippen LogP) is 32.1. The molecule has 0 amide bonds. The number of aryl methyl sites for hydroxylation is 1. The van der Waals surface area contributed by atoms with Crippen LogP contribution in [0.5, 0.6) is 0 Å². The lowest BCUT2D eigenvalue weighted by Gasteiger charge is -2.39. The number of benzene rings is 13. The maximum Gasteiger partial charge on any atom is 0.0725 e. The summed E-state index contributed by atoms with van der Waals surface area (Å²) in [6, 6.07) is 112. The van der Waals surface area contributed by atoms with E-state index < -0.39 is 5.41 Å². The summed E-state index contributed by atoms with van der Waals surface area (Å²) in [5.41, 5.74) is 42.8. The Morgan fingerprint density at radius 3 is 1.68 bits per heavy atom. The molecule has 7 aliphatic carbocycles. The molecule has 3 nitrogen and oxygen atoms in total. The van der Waals surface area contributed by atoms with Crippen molar-refractivity contribution < 1.29 is 0 Å². The zero-order chi connectivity index (χ0) is 85.5. The molecule has 610 valence electrons. The monoisotopic (exact) mass is 1610 g/mol. The Morgan fingerprint density at radius 1 is 0.424 bits per heavy atom. The van der Waals surface area contributed by atoms with E-state index in [-0.39, 0.29) is 28.1 Å². The van der Waals surface area contributed by atoms with Gasteiger partial charge in [-0.3, -0.25) is 0 Å². The second kappa shape index (κ2) is 32.1. The van der Waals surface area contributed by atoms with E-state index in [0.717, 1.165) is 99.0 Å².